The first kappa shape index (κ1) is 42.6. The van der Waals surface area contributed by atoms with Gasteiger partial charge in [0.15, 0.2) is 0 Å². The third-order valence-electron chi connectivity index (χ3n) is 3.98. The predicted octanol–water partition coefficient (Wildman–Crippen LogP) is 11.1. The summed E-state index contributed by atoms with van der Waals surface area (Å²) < 4.78 is 0. The summed E-state index contributed by atoms with van der Waals surface area (Å²) in [6, 6.07) is 45.4. The molecule has 0 spiro atoms. The molecular weight excluding hydrogens is 476 g/mol. The number of fused-ring (bicyclic) bond motifs is 2. The van der Waals surface area contributed by atoms with E-state index in [4.69, 9.17) is 10.2 Å². The van der Waals surface area contributed by atoms with Gasteiger partial charge in [-0.05, 0) is 21.5 Å². The Morgan fingerprint density at radius 1 is 0.333 bits per heavy atom. The molecule has 0 radical (unpaired) electrons. The molecular formula is C37H56O2. The molecule has 0 saturated carbocycles. The second-order valence-electron chi connectivity index (χ2n) is 7.26. The van der Waals surface area contributed by atoms with E-state index in [1.54, 1.807) is 0 Å². The fourth-order valence-electron chi connectivity index (χ4n) is 2.65. The van der Waals surface area contributed by atoms with Crippen LogP contribution in [0.3, 0.4) is 0 Å². The third kappa shape index (κ3) is 24.6. The van der Waals surface area contributed by atoms with Gasteiger partial charge in [0.2, 0.25) is 0 Å². The summed E-state index contributed by atoms with van der Waals surface area (Å²) in [5, 5.41) is 19.2. The van der Waals surface area contributed by atoms with E-state index in [2.05, 4.69) is 125 Å². The first-order valence-corrected chi connectivity index (χ1v) is 13.5. The monoisotopic (exact) mass is 532 g/mol. The molecule has 0 bridgehead atoms. The van der Waals surface area contributed by atoms with E-state index < -0.39 is 0 Å². The molecule has 0 aliphatic rings. The third-order valence-corrected chi connectivity index (χ3v) is 3.98. The second kappa shape index (κ2) is 36.7. The molecule has 0 heterocycles. The van der Waals surface area contributed by atoms with Crippen LogP contribution in [-0.2, 0) is 0 Å². The van der Waals surface area contributed by atoms with Crippen LogP contribution in [0.2, 0.25) is 0 Å². The largest absolute Gasteiger partial charge is 0.400 e. The molecule has 2 nitrogen and oxygen atoms in total. The minimum absolute atomic E-state index is 0. The van der Waals surface area contributed by atoms with Crippen molar-refractivity contribution in [1.29, 1.82) is 0 Å². The summed E-state index contributed by atoms with van der Waals surface area (Å²) >= 11 is 0. The molecule has 0 amide bonds. The molecule has 216 valence electrons. The molecule has 0 atom stereocenters. The minimum Gasteiger partial charge on any atom is -0.400 e. The summed E-state index contributed by atoms with van der Waals surface area (Å²) in [4.78, 5) is 0. The van der Waals surface area contributed by atoms with Crippen LogP contribution >= 0.6 is 0 Å². The lowest BCUT2D eigenvalue weighted by Crippen LogP contribution is -1.67. The number of aliphatic hydroxyl groups excluding tert-OH is 2. The maximum absolute atomic E-state index is 7.00. The van der Waals surface area contributed by atoms with Gasteiger partial charge >= 0.3 is 0 Å². The van der Waals surface area contributed by atoms with Crippen LogP contribution in [0.4, 0.5) is 0 Å². The van der Waals surface area contributed by atoms with E-state index in [1.165, 1.54) is 34.4 Å². The quantitative estimate of drug-likeness (QED) is 0.208. The highest BCUT2D eigenvalue weighted by molar-refractivity contribution is 5.82. The lowest BCUT2D eigenvalue weighted by molar-refractivity contribution is 0.399. The van der Waals surface area contributed by atoms with E-state index in [0.29, 0.717) is 0 Å². The predicted molar refractivity (Wildman–Crippen MR) is 181 cm³/mol. The lowest BCUT2D eigenvalue weighted by atomic mass is 10.1. The fourth-order valence-corrected chi connectivity index (χ4v) is 2.65. The van der Waals surface area contributed by atoms with Crippen LogP contribution in [0.1, 0.15) is 61.8 Å². The van der Waals surface area contributed by atoms with E-state index in [0.717, 1.165) is 14.2 Å². The van der Waals surface area contributed by atoms with Crippen molar-refractivity contribution in [2.75, 3.05) is 14.2 Å². The normalized spacial score (nSPS) is 7.74. The Labute approximate surface area is 241 Å². The minimum atomic E-state index is 0. The van der Waals surface area contributed by atoms with Gasteiger partial charge in [-0.1, -0.05) is 195 Å². The number of hydrogen-bond acceptors (Lipinski definition) is 2. The molecule has 0 aromatic heterocycles. The highest BCUT2D eigenvalue weighted by Gasteiger charge is 1.86. The number of benzene rings is 5. The van der Waals surface area contributed by atoms with Crippen molar-refractivity contribution in [2.45, 2.75) is 61.8 Å². The number of aliphatic hydroxyl groups is 2. The van der Waals surface area contributed by atoms with Gasteiger partial charge in [0.25, 0.3) is 0 Å². The summed E-state index contributed by atoms with van der Waals surface area (Å²) in [6.45, 7) is 12.5. The smallest absolute Gasteiger partial charge is 0.0319 e. The van der Waals surface area contributed by atoms with Crippen LogP contribution in [-0.4, -0.2) is 24.4 Å². The molecule has 5 rings (SSSR count). The molecule has 2 heteroatoms. The van der Waals surface area contributed by atoms with Gasteiger partial charge in [-0.25, -0.2) is 0 Å². The molecule has 2 N–H and O–H groups in total. The Morgan fingerprint density at radius 2 is 0.436 bits per heavy atom. The van der Waals surface area contributed by atoms with Crippen molar-refractivity contribution in [3.63, 3.8) is 0 Å². The Kier molecular flexibility index (Phi) is 40.1. The van der Waals surface area contributed by atoms with E-state index >= 15 is 0 Å². The maximum atomic E-state index is 7.00. The standard InChI is InChI=1S/2C10H8.C6H6.2C3H8.C2H6.2CH4O.CH4/c2*1-2-6-10-8-4-3-7-9(10)5-1;1-2-4-6-5-3-1;2*1-3-2;3*1-2;/h2*1-8H;1-6H;2*3H2,1-2H3;1-2H3;2*2H,1H3;1H4. The number of hydrogen-bond donors (Lipinski definition) is 2. The van der Waals surface area contributed by atoms with Gasteiger partial charge in [0.05, 0.1) is 0 Å². The van der Waals surface area contributed by atoms with Gasteiger partial charge in [-0.3, -0.25) is 0 Å². The Morgan fingerprint density at radius 3 is 0.538 bits per heavy atom. The molecule has 5 aromatic carbocycles. The molecule has 0 fully saturated rings. The number of rotatable bonds is 0. The molecule has 0 aliphatic carbocycles. The van der Waals surface area contributed by atoms with Crippen molar-refractivity contribution in [1.82, 2.24) is 0 Å². The van der Waals surface area contributed by atoms with Crippen LogP contribution in [0.5, 0.6) is 0 Å². The van der Waals surface area contributed by atoms with Crippen LogP contribution in [0.25, 0.3) is 21.5 Å². The zero-order valence-electron chi connectivity index (χ0n) is 25.0. The van der Waals surface area contributed by atoms with Gasteiger partial charge in [-0.15, -0.1) is 0 Å². The summed E-state index contributed by atoms with van der Waals surface area (Å²) in [7, 11) is 2.00. The lowest BCUT2D eigenvalue weighted by Gasteiger charge is -1.92. The molecule has 5 aromatic rings. The average molecular weight is 533 g/mol. The average Bonchev–Trinajstić information content (AvgIpc) is 3.03. The van der Waals surface area contributed by atoms with Crippen molar-refractivity contribution >= 4 is 21.5 Å². The molecule has 0 saturated heterocycles. The summed E-state index contributed by atoms with van der Waals surface area (Å²) in [5.41, 5.74) is 0. The highest BCUT2D eigenvalue weighted by Crippen LogP contribution is 2.12. The zero-order chi connectivity index (χ0) is 29.3. The van der Waals surface area contributed by atoms with E-state index in [1.807, 2.05) is 50.2 Å². The summed E-state index contributed by atoms with van der Waals surface area (Å²) in [5.74, 6) is 0. The first-order chi connectivity index (χ1) is 18.8. The van der Waals surface area contributed by atoms with Gasteiger partial charge in [-0.2, -0.15) is 0 Å². The highest BCUT2D eigenvalue weighted by atomic mass is 16.2. The van der Waals surface area contributed by atoms with Crippen molar-refractivity contribution in [2.24, 2.45) is 0 Å². The van der Waals surface area contributed by atoms with Crippen LogP contribution < -0.4 is 0 Å². The Hall–Kier alpha value is -3.46. The SMILES string of the molecule is C.CC.CCC.CCC.CO.CO.c1ccc2ccccc2c1.c1ccc2ccccc2c1.c1ccccc1. The Bertz CT molecular complexity index is 845. The van der Waals surface area contributed by atoms with E-state index in [9.17, 15) is 0 Å². The van der Waals surface area contributed by atoms with Crippen molar-refractivity contribution in [3.8, 4) is 0 Å². The maximum Gasteiger partial charge on any atom is 0.0319 e. The summed E-state index contributed by atoms with van der Waals surface area (Å²) in [6.07, 6.45) is 2.50. The van der Waals surface area contributed by atoms with Crippen LogP contribution in [0.15, 0.2) is 133 Å². The second-order valence-corrected chi connectivity index (χ2v) is 7.26. The zero-order valence-corrected chi connectivity index (χ0v) is 25.0. The van der Waals surface area contributed by atoms with Gasteiger partial charge < -0.3 is 10.2 Å². The molecule has 0 unspecified atom stereocenters. The Balaban J connectivity index is -0.000000198. The van der Waals surface area contributed by atoms with Crippen molar-refractivity contribution < 1.29 is 10.2 Å². The molecule has 0 aliphatic heterocycles. The fraction of sp³-hybridized carbons (Fsp3) is 0.297. The van der Waals surface area contributed by atoms with Gasteiger partial charge in [0.1, 0.15) is 0 Å². The van der Waals surface area contributed by atoms with E-state index in [-0.39, 0.29) is 7.43 Å². The molecule has 39 heavy (non-hydrogen) atoms. The first-order valence-electron chi connectivity index (χ1n) is 13.5. The van der Waals surface area contributed by atoms with Crippen LogP contribution in [0, 0.1) is 0 Å². The van der Waals surface area contributed by atoms with Crippen molar-refractivity contribution in [3.05, 3.63) is 133 Å². The van der Waals surface area contributed by atoms with Gasteiger partial charge in [0, 0.05) is 14.2 Å². The topological polar surface area (TPSA) is 40.5 Å².